The van der Waals surface area contributed by atoms with Crippen molar-refractivity contribution in [1.29, 1.82) is 0 Å². The van der Waals surface area contributed by atoms with Gasteiger partial charge in [0.1, 0.15) is 0 Å². The lowest BCUT2D eigenvalue weighted by molar-refractivity contribution is 0.0405. The van der Waals surface area contributed by atoms with Crippen LogP contribution in [0.15, 0.2) is 35.5 Å². The highest BCUT2D eigenvalue weighted by Gasteiger charge is 2.57. The molecule has 1 unspecified atom stereocenters. The summed E-state index contributed by atoms with van der Waals surface area (Å²) in [5.74, 6) is 1.56. The molecule has 3 fully saturated rings. The molecule has 0 aliphatic heterocycles. The topological polar surface area (TPSA) is 40.5 Å². The van der Waals surface area contributed by atoms with Gasteiger partial charge in [-0.05, 0) is 73.2 Å². The third-order valence-electron chi connectivity index (χ3n) is 7.98. The lowest BCUT2D eigenvalue weighted by atomic mass is 9.53. The smallest absolute Gasteiger partial charge is 0.0809 e. The molecule has 3 rings (SSSR count). The van der Waals surface area contributed by atoms with E-state index >= 15 is 0 Å². The van der Waals surface area contributed by atoms with E-state index in [2.05, 4.69) is 46.4 Å². The first kappa shape index (κ1) is 18.9. The van der Waals surface area contributed by atoms with E-state index in [0.717, 1.165) is 17.4 Å². The zero-order valence-corrected chi connectivity index (χ0v) is 16.5. The van der Waals surface area contributed by atoms with Crippen LogP contribution in [-0.2, 0) is 0 Å². The molecule has 0 aromatic heterocycles. The molecule has 0 aromatic carbocycles. The Morgan fingerprint density at radius 3 is 2.32 bits per heavy atom. The van der Waals surface area contributed by atoms with Crippen molar-refractivity contribution in [1.82, 2.24) is 0 Å². The molecule has 0 amide bonds. The van der Waals surface area contributed by atoms with Gasteiger partial charge in [0.2, 0.25) is 0 Å². The van der Waals surface area contributed by atoms with Crippen LogP contribution in [0.25, 0.3) is 0 Å². The predicted octanol–water partition coefficient (Wildman–Crippen LogP) is 5.17. The molecule has 0 saturated heterocycles. The minimum Gasteiger partial charge on any atom is -0.388 e. The molecule has 5 atom stereocenters. The Labute approximate surface area is 153 Å². The van der Waals surface area contributed by atoms with Gasteiger partial charge in [0.05, 0.1) is 12.2 Å². The van der Waals surface area contributed by atoms with E-state index in [-0.39, 0.29) is 0 Å². The maximum Gasteiger partial charge on any atom is 0.0809 e. The maximum atomic E-state index is 10.1. The van der Waals surface area contributed by atoms with E-state index in [9.17, 15) is 10.2 Å². The van der Waals surface area contributed by atoms with Crippen LogP contribution >= 0.6 is 0 Å². The number of allylic oxidation sites excluding steroid dienone is 3. The van der Waals surface area contributed by atoms with Gasteiger partial charge in [-0.2, -0.15) is 0 Å². The van der Waals surface area contributed by atoms with Gasteiger partial charge in [-0.3, -0.25) is 0 Å². The molecular formula is C23H36O2. The Kier molecular flexibility index (Phi) is 5.07. The van der Waals surface area contributed by atoms with Crippen molar-refractivity contribution in [2.24, 2.45) is 22.7 Å². The minimum absolute atomic E-state index is 0.298. The highest BCUT2D eigenvalue weighted by atomic mass is 16.3. The van der Waals surface area contributed by atoms with Crippen molar-refractivity contribution >= 4 is 0 Å². The first-order chi connectivity index (χ1) is 11.7. The predicted molar refractivity (Wildman–Crippen MR) is 104 cm³/mol. The number of rotatable bonds is 2. The molecule has 0 heterocycles. The van der Waals surface area contributed by atoms with Crippen LogP contribution < -0.4 is 0 Å². The van der Waals surface area contributed by atoms with Crippen molar-refractivity contribution in [3.8, 4) is 0 Å². The van der Waals surface area contributed by atoms with Crippen LogP contribution in [0, 0.1) is 22.7 Å². The summed E-state index contributed by atoms with van der Waals surface area (Å²) >= 11 is 0. The second kappa shape index (κ2) is 6.70. The van der Waals surface area contributed by atoms with E-state index in [1.165, 1.54) is 32.1 Å². The molecule has 140 valence electrons. The fourth-order valence-electron chi connectivity index (χ4n) is 6.12. The molecule has 3 saturated carbocycles. The molecule has 3 aliphatic carbocycles. The zero-order chi connectivity index (χ0) is 18.4. The fraction of sp³-hybridized carbons (Fsp3) is 0.739. The van der Waals surface area contributed by atoms with E-state index in [4.69, 9.17) is 0 Å². The molecule has 0 spiro atoms. The van der Waals surface area contributed by atoms with E-state index in [1.54, 1.807) is 5.57 Å². The van der Waals surface area contributed by atoms with Gasteiger partial charge in [0, 0.05) is 0 Å². The summed E-state index contributed by atoms with van der Waals surface area (Å²) in [6.07, 6.45) is 11.0. The average molecular weight is 345 g/mol. The maximum absolute atomic E-state index is 10.1. The number of hydrogen-bond donors (Lipinski definition) is 2. The molecular weight excluding hydrogens is 308 g/mol. The number of aliphatic hydroxyl groups excluding tert-OH is 2. The number of fused-ring (bicyclic) bond motifs is 1. The first-order valence-electron chi connectivity index (χ1n) is 10.1. The number of aliphatic hydroxyl groups is 2. The summed E-state index contributed by atoms with van der Waals surface area (Å²) in [5, 5.41) is 20.1. The van der Waals surface area contributed by atoms with Crippen LogP contribution in [0.4, 0.5) is 0 Å². The quantitative estimate of drug-likeness (QED) is 0.678. The highest BCUT2D eigenvalue weighted by Crippen LogP contribution is 2.66. The minimum atomic E-state index is -0.600. The second-order valence-electron chi connectivity index (χ2n) is 9.52. The number of hydrogen-bond acceptors (Lipinski definition) is 2. The summed E-state index contributed by atoms with van der Waals surface area (Å²) < 4.78 is 0. The molecule has 0 bridgehead atoms. The van der Waals surface area contributed by atoms with Gasteiger partial charge in [-0.1, -0.05) is 57.6 Å². The van der Waals surface area contributed by atoms with Gasteiger partial charge in [-0.25, -0.2) is 0 Å². The molecule has 2 nitrogen and oxygen atoms in total. The molecule has 0 aromatic rings. The molecule has 0 radical (unpaired) electrons. The van der Waals surface area contributed by atoms with Crippen molar-refractivity contribution in [3.05, 3.63) is 35.5 Å². The van der Waals surface area contributed by atoms with E-state index in [0.29, 0.717) is 29.2 Å². The van der Waals surface area contributed by atoms with E-state index < -0.39 is 12.2 Å². The van der Waals surface area contributed by atoms with Crippen molar-refractivity contribution in [3.63, 3.8) is 0 Å². The third kappa shape index (κ3) is 3.06. The summed E-state index contributed by atoms with van der Waals surface area (Å²) in [6, 6.07) is 0. The fourth-order valence-corrected chi connectivity index (χ4v) is 6.12. The first-order valence-corrected chi connectivity index (χ1v) is 10.1. The highest BCUT2D eigenvalue weighted by molar-refractivity contribution is 5.32. The molecule has 2 heteroatoms. The van der Waals surface area contributed by atoms with Gasteiger partial charge in [-0.15, -0.1) is 0 Å². The molecule has 2 N–H and O–H groups in total. The summed E-state index contributed by atoms with van der Waals surface area (Å²) in [5.41, 5.74) is 4.01. The monoisotopic (exact) mass is 344 g/mol. The largest absolute Gasteiger partial charge is 0.388 e. The molecule has 3 aliphatic rings. The summed E-state index contributed by atoms with van der Waals surface area (Å²) in [6.45, 7) is 13.6. The van der Waals surface area contributed by atoms with Crippen LogP contribution in [0.2, 0.25) is 0 Å². The lowest BCUT2D eigenvalue weighted by Crippen LogP contribution is -2.42. The van der Waals surface area contributed by atoms with Crippen molar-refractivity contribution < 1.29 is 10.2 Å². The lowest BCUT2D eigenvalue weighted by Gasteiger charge is -2.51. The van der Waals surface area contributed by atoms with Crippen LogP contribution in [0.1, 0.15) is 72.6 Å². The Bertz CT molecular complexity index is 583. The Hall–Kier alpha value is -0.860. The average Bonchev–Trinajstić information content (AvgIpc) is 2.82. The Balaban J connectivity index is 1.86. The zero-order valence-electron chi connectivity index (χ0n) is 16.5. The van der Waals surface area contributed by atoms with Crippen LogP contribution in [0.5, 0.6) is 0 Å². The van der Waals surface area contributed by atoms with Gasteiger partial charge < -0.3 is 10.2 Å². The molecule has 25 heavy (non-hydrogen) atoms. The van der Waals surface area contributed by atoms with Crippen molar-refractivity contribution in [2.45, 2.75) is 84.8 Å². The Morgan fingerprint density at radius 1 is 1.08 bits per heavy atom. The third-order valence-corrected chi connectivity index (χ3v) is 7.98. The van der Waals surface area contributed by atoms with Gasteiger partial charge >= 0.3 is 0 Å². The van der Waals surface area contributed by atoms with Crippen LogP contribution in [0.3, 0.4) is 0 Å². The summed E-state index contributed by atoms with van der Waals surface area (Å²) in [7, 11) is 0. The standard InChI is InChI=1S/C23H36O2/c1-15(2)19-10-12-22(4)18(7-6-11-23(19,22)5)9-8-17-13-20(24)16(3)21(25)14-17/h8-9,15,19-21,24-25H,3,6-7,10-14H2,1-2,4-5H3/b18-9+/t19?,20-,21-,22+,23-/m1/s1. The van der Waals surface area contributed by atoms with Crippen molar-refractivity contribution in [2.75, 3.05) is 0 Å². The van der Waals surface area contributed by atoms with Gasteiger partial charge in [0.15, 0.2) is 0 Å². The normalized spacial score (nSPS) is 43.6. The Morgan fingerprint density at radius 2 is 1.72 bits per heavy atom. The van der Waals surface area contributed by atoms with E-state index in [1.807, 2.05) is 0 Å². The summed E-state index contributed by atoms with van der Waals surface area (Å²) in [4.78, 5) is 0. The van der Waals surface area contributed by atoms with Gasteiger partial charge in [0.25, 0.3) is 0 Å². The second-order valence-corrected chi connectivity index (χ2v) is 9.52. The van der Waals surface area contributed by atoms with Crippen LogP contribution in [-0.4, -0.2) is 22.4 Å². The SMILES string of the molecule is C=C1[C@H](O)CC(=C/C=C2\CCC[C@]3(C)C(C(C)C)CC[C@@]23C)C[C@H]1O.